The van der Waals surface area contributed by atoms with Crippen molar-refractivity contribution < 1.29 is 9.94 Å². The van der Waals surface area contributed by atoms with E-state index in [0.29, 0.717) is 5.41 Å². The first-order chi connectivity index (χ1) is 8.36. The Morgan fingerprint density at radius 2 is 2.17 bits per heavy atom. The Labute approximate surface area is 110 Å². The van der Waals surface area contributed by atoms with Crippen molar-refractivity contribution >= 4 is 5.84 Å². The third-order valence-corrected chi connectivity index (χ3v) is 5.86. The molecule has 2 aliphatic rings. The maximum atomic E-state index is 8.79. The molecular weight excluding hydrogens is 228 g/mol. The van der Waals surface area contributed by atoms with Gasteiger partial charge in [-0.1, -0.05) is 32.9 Å². The largest absolute Gasteiger partial charge is 0.409 e. The van der Waals surface area contributed by atoms with Crippen LogP contribution >= 0.6 is 0 Å². The van der Waals surface area contributed by atoms with Gasteiger partial charge in [0.2, 0.25) is 0 Å². The molecule has 0 spiro atoms. The highest BCUT2D eigenvalue weighted by Gasteiger charge is 2.62. The van der Waals surface area contributed by atoms with Gasteiger partial charge in [0.25, 0.3) is 0 Å². The summed E-state index contributed by atoms with van der Waals surface area (Å²) >= 11 is 0. The lowest BCUT2D eigenvalue weighted by molar-refractivity contribution is -0.0661. The third-order valence-electron chi connectivity index (χ3n) is 5.86. The van der Waals surface area contributed by atoms with E-state index in [-0.39, 0.29) is 23.5 Å². The average Bonchev–Trinajstić information content (AvgIpc) is 2.67. The number of hydrogen-bond donors (Lipinski definition) is 2. The quantitative estimate of drug-likeness (QED) is 0.351. The minimum Gasteiger partial charge on any atom is -0.409 e. The van der Waals surface area contributed by atoms with Crippen LogP contribution in [0.2, 0.25) is 0 Å². The molecule has 0 radical (unpaired) electrons. The van der Waals surface area contributed by atoms with Crippen molar-refractivity contribution in [2.75, 3.05) is 0 Å². The van der Waals surface area contributed by atoms with E-state index in [1.54, 1.807) is 0 Å². The van der Waals surface area contributed by atoms with Crippen LogP contribution < -0.4 is 5.73 Å². The summed E-state index contributed by atoms with van der Waals surface area (Å²) in [5.41, 5.74) is 6.25. The summed E-state index contributed by atoms with van der Waals surface area (Å²) in [6.07, 6.45) is 4.36. The minimum absolute atomic E-state index is 0.196. The van der Waals surface area contributed by atoms with E-state index < -0.39 is 0 Å². The zero-order chi connectivity index (χ0) is 13.6. The van der Waals surface area contributed by atoms with Crippen molar-refractivity contribution in [1.82, 2.24) is 0 Å². The van der Waals surface area contributed by atoms with Crippen LogP contribution in [0.25, 0.3) is 0 Å². The predicted molar refractivity (Wildman–Crippen MR) is 71.6 cm³/mol. The number of nitrogens with two attached hydrogens (primary N) is 1. The van der Waals surface area contributed by atoms with Crippen LogP contribution in [0.4, 0.5) is 0 Å². The summed E-state index contributed by atoms with van der Waals surface area (Å²) in [4.78, 5) is 0. The molecule has 0 aromatic carbocycles. The van der Waals surface area contributed by atoms with Gasteiger partial charge in [-0.3, -0.25) is 0 Å². The summed E-state index contributed by atoms with van der Waals surface area (Å²) in [7, 11) is 0. The first kappa shape index (κ1) is 13.7. The van der Waals surface area contributed by atoms with Gasteiger partial charge in [0.15, 0.2) is 5.84 Å². The van der Waals surface area contributed by atoms with Crippen LogP contribution in [0.3, 0.4) is 0 Å². The van der Waals surface area contributed by atoms with E-state index in [4.69, 9.17) is 15.7 Å². The SMILES string of the molecule is CCC(OC1CC2CCC1(C)C2(C)C)C(N)=NO. The maximum absolute atomic E-state index is 8.79. The topological polar surface area (TPSA) is 67.8 Å². The van der Waals surface area contributed by atoms with Gasteiger partial charge in [0.05, 0.1) is 6.10 Å². The maximum Gasteiger partial charge on any atom is 0.168 e. The number of hydrogen-bond acceptors (Lipinski definition) is 3. The Balaban J connectivity index is 2.13. The molecule has 4 unspecified atom stereocenters. The number of amidine groups is 1. The van der Waals surface area contributed by atoms with E-state index in [0.717, 1.165) is 18.8 Å². The Hall–Kier alpha value is -0.770. The molecule has 4 heteroatoms. The van der Waals surface area contributed by atoms with Crippen LogP contribution in [-0.2, 0) is 4.74 Å². The molecule has 2 fully saturated rings. The van der Waals surface area contributed by atoms with Gasteiger partial charge in [-0.05, 0) is 42.4 Å². The first-order valence-electron chi connectivity index (χ1n) is 6.99. The monoisotopic (exact) mass is 254 g/mol. The van der Waals surface area contributed by atoms with Crippen molar-refractivity contribution in [3.8, 4) is 0 Å². The highest BCUT2D eigenvalue weighted by molar-refractivity contribution is 5.84. The van der Waals surface area contributed by atoms with Crippen LogP contribution in [-0.4, -0.2) is 23.3 Å². The standard InChI is InChI=1S/C14H26N2O2/c1-5-10(12(15)16-17)18-11-8-9-6-7-14(11,4)13(9,2)3/h9-11,17H,5-8H2,1-4H3,(H2,15,16). The van der Waals surface area contributed by atoms with Gasteiger partial charge in [-0.25, -0.2) is 0 Å². The Bertz CT molecular complexity index is 354. The number of ether oxygens (including phenoxy) is 1. The van der Waals surface area contributed by atoms with Crippen LogP contribution in [0, 0.1) is 16.7 Å². The fourth-order valence-corrected chi connectivity index (χ4v) is 3.97. The lowest BCUT2D eigenvalue weighted by atomic mass is 9.70. The van der Waals surface area contributed by atoms with Gasteiger partial charge in [-0.2, -0.15) is 0 Å². The second-order valence-corrected chi connectivity index (χ2v) is 6.66. The normalized spacial score (nSPS) is 40.1. The second kappa shape index (κ2) is 4.41. The van der Waals surface area contributed by atoms with E-state index in [2.05, 4.69) is 25.9 Å². The van der Waals surface area contributed by atoms with Gasteiger partial charge in [0.1, 0.15) is 6.10 Å². The minimum atomic E-state index is -0.257. The molecule has 2 saturated carbocycles. The zero-order valence-electron chi connectivity index (χ0n) is 11.9. The highest BCUT2D eigenvalue weighted by Crippen LogP contribution is 2.66. The highest BCUT2D eigenvalue weighted by atomic mass is 16.5. The van der Waals surface area contributed by atoms with Crippen LogP contribution in [0.15, 0.2) is 5.16 Å². The molecule has 2 bridgehead atoms. The second-order valence-electron chi connectivity index (χ2n) is 6.66. The van der Waals surface area contributed by atoms with Gasteiger partial charge >= 0.3 is 0 Å². The molecule has 0 aliphatic heterocycles. The molecule has 0 saturated heterocycles. The van der Waals surface area contributed by atoms with E-state index >= 15 is 0 Å². The summed E-state index contributed by atoms with van der Waals surface area (Å²) in [5.74, 6) is 0.943. The molecule has 2 aliphatic carbocycles. The average molecular weight is 254 g/mol. The van der Waals surface area contributed by atoms with E-state index in [1.807, 2.05) is 6.92 Å². The number of fused-ring (bicyclic) bond motifs is 2. The molecule has 4 nitrogen and oxygen atoms in total. The number of oxime groups is 1. The van der Waals surface area contributed by atoms with E-state index in [9.17, 15) is 0 Å². The molecule has 104 valence electrons. The Kier molecular flexibility index (Phi) is 3.34. The molecule has 18 heavy (non-hydrogen) atoms. The Morgan fingerprint density at radius 1 is 1.50 bits per heavy atom. The molecule has 4 atom stereocenters. The number of rotatable bonds is 4. The van der Waals surface area contributed by atoms with Crippen molar-refractivity contribution in [3.63, 3.8) is 0 Å². The predicted octanol–water partition coefficient (Wildman–Crippen LogP) is 2.74. The van der Waals surface area contributed by atoms with Gasteiger partial charge in [0, 0.05) is 0 Å². The molecular formula is C14H26N2O2. The molecule has 0 amide bonds. The first-order valence-corrected chi connectivity index (χ1v) is 6.99. The van der Waals surface area contributed by atoms with Crippen LogP contribution in [0.1, 0.15) is 53.4 Å². The lowest BCUT2D eigenvalue weighted by Crippen LogP contribution is -2.42. The lowest BCUT2D eigenvalue weighted by Gasteiger charge is -2.40. The molecule has 0 aromatic heterocycles. The fraction of sp³-hybridized carbons (Fsp3) is 0.929. The third kappa shape index (κ3) is 1.73. The smallest absolute Gasteiger partial charge is 0.168 e. The van der Waals surface area contributed by atoms with Crippen molar-refractivity contribution in [2.45, 2.75) is 65.6 Å². The molecule has 0 aromatic rings. The number of nitrogens with zero attached hydrogens (tertiary/aromatic N) is 1. The fourth-order valence-electron chi connectivity index (χ4n) is 3.97. The molecule has 0 heterocycles. The summed E-state index contributed by atoms with van der Waals surface area (Å²) in [6, 6.07) is 0. The van der Waals surface area contributed by atoms with Gasteiger partial charge < -0.3 is 15.7 Å². The van der Waals surface area contributed by atoms with Crippen molar-refractivity contribution in [1.29, 1.82) is 0 Å². The van der Waals surface area contributed by atoms with Crippen molar-refractivity contribution in [3.05, 3.63) is 0 Å². The molecule has 3 N–H and O–H groups in total. The van der Waals surface area contributed by atoms with E-state index in [1.165, 1.54) is 12.8 Å². The zero-order valence-corrected chi connectivity index (χ0v) is 11.9. The van der Waals surface area contributed by atoms with Gasteiger partial charge in [-0.15, -0.1) is 0 Å². The Morgan fingerprint density at radius 3 is 2.56 bits per heavy atom. The van der Waals surface area contributed by atoms with Crippen molar-refractivity contribution in [2.24, 2.45) is 27.6 Å². The summed E-state index contributed by atoms with van der Waals surface area (Å²) < 4.78 is 6.17. The summed E-state index contributed by atoms with van der Waals surface area (Å²) in [6.45, 7) is 9.06. The van der Waals surface area contributed by atoms with Crippen LogP contribution in [0.5, 0.6) is 0 Å². The molecule has 2 rings (SSSR count). The summed E-state index contributed by atoms with van der Waals surface area (Å²) in [5, 5.41) is 11.9.